The highest BCUT2D eigenvalue weighted by Crippen LogP contribution is 2.35. The van der Waals surface area contributed by atoms with Crippen LogP contribution in [-0.2, 0) is 0 Å². The van der Waals surface area contributed by atoms with E-state index in [2.05, 4.69) is 5.43 Å². The molecule has 0 aromatic heterocycles. The van der Waals surface area contributed by atoms with Gasteiger partial charge in [0, 0.05) is 6.04 Å². The van der Waals surface area contributed by atoms with Gasteiger partial charge >= 0.3 is 0 Å². The molecule has 0 aliphatic carbocycles. The summed E-state index contributed by atoms with van der Waals surface area (Å²) in [6.07, 6.45) is 1.19. The molecular weight excluding hydrogens is 263 g/mol. The standard InChI is InChI=1S/C11H14Cl2N2S/c12-9-2-1-7(5-10(9)13)11(15-14)8-3-4-16-6-8/h1-2,5,8,11,15H,3-4,6,14H2. The SMILES string of the molecule is NNC(c1ccc(Cl)c(Cl)c1)C1CCSC1. The summed E-state index contributed by atoms with van der Waals surface area (Å²) in [7, 11) is 0. The summed E-state index contributed by atoms with van der Waals surface area (Å²) in [4.78, 5) is 0. The number of rotatable bonds is 3. The van der Waals surface area contributed by atoms with Gasteiger partial charge in [-0.15, -0.1) is 0 Å². The van der Waals surface area contributed by atoms with Crippen LogP contribution in [0.2, 0.25) is 10.0 Å². The van der Waals surface area contributed by atoms with Crippen molar-refractivity contribution in [2.75, 3.05) is 11.5 Å². The maximum absolute atomic E-state index is 6.02. The molecule has 2 nitrogen and oxygen atoms in total. The van der Waals surface area contributed by atoms with Gasteiger partial charge in [-0.05, 0) is 41.5 Å². The van der Waals surface area contributed by atoms with Gasteiger partial charge in [0.2, 0.25) is 0 Å². The van der Waals surface area contributed by atoms with Crippen LogP contribution in [0.25, 0.3) is 0 Å². The van der Waals surface area contributed by atoms with Crippen LogP contribution >= 0.6 is 35.0 Å². The summed E-state index contributed by atoms with van der Waals surface area (Å²) in [5, 5.41) is 1.17. The van der Waals surface area contributed by atoms with Crippen LogP contribution in [0.3, 0.4) is 0 Å². The predicted octanol–water partition coefficient (Wildman–Crippen LogP) is 3.25. The number of nitrogens with two attached hydrogens (primary N) is 1. The normalized spacial score (nSPS) is 22.3. The summed E-state index contributed by atoms with van der Waals surface area (Å²) in [5.74, 6) is 8.57. The molecule has 1 fully saturated rings. The second-order valence-corrected chi connectivity index (χ2v) is 5.91. The van der Waals surface area contributed by atoms with E-state index in [0.29, 0.717) is 16.0 Å². The number of benzene rings is 1. The summed E-state index contributed by atoms with van der Waals surface area (Å²) in [6.45, 7) is 0. The third kappa shape index (κ3) is 2.66. The Hall–Kier alpha value is 0.0700. The smallest absolute Gasteiger partial charge is 0.0595 e. The first-order chi connectivity index (χ1) is 7.72. The zero-order chi connectivity index (χ0) is 11.5. The molecule has 1 aromatic carbocycles. The average Bonchev–Trinajstić information content (AvgIpc) is 2.78. The molecule has 5 heteroatoms. The molecule has 1 heterocycles. The third-order valence-corrected chi connectivity index (χ3v) is 4.85. The maximum Gasteiger partial charge on any atom is 0.0595 e. The van der Waals surface area contributed by atoms with Crippen molar-refractivity contribution in [3.05, 3.63) is 33.8 Å². The Morgan fingerprint density at radius 3 is 2.75 bits per heavy atom. The van der Waals surface area contributed by atoms with Crippen LogP contribution in [-0.4, -0.2) is 11.5 Å². The van der Waals surface area contributed by atoms with Crippen molar-refractivity contribution in [2.45, 2.75) is 12.5 Å². The molecule has 0 saturated carbocycles. The highest BCUT2D eigenvalue weighted by Gasteiger charge is 2.26. The Labute approximate surface area is 110 Å². The highest BCUT2D eigenvalue weighted by molar-refractivity contribution is 7.99. The van der Waals surface area contributed by atoms with E-state index in [1.54, 1.807) is 0 Å². The monoisotopic (exact) mass is 276 g/mol. The van der Waals surface area contributed by atoms with Crippen molar-refractivity contribution >= 4 is 35.0 Å². The van der Waals surface area contributed by atoms with Crippen molar-refractivity contribution in [1.29, 1.82) is 0 Å². The van der Waals surface area contributed by atoms with Crippen LogP contribution in [0.4, 0.5) is 0 Å². The number of hydrogen-bond acceptors (Lipinski definition) is 3. The fraction of sp³-hybridized carbons (Fsp3) is 0.455. The second-order valence-electron chi connectivity index (χ2n) is 3.94. The van der Waals surface area contributed by atoms with Gasteiger partial charge in [0.25, 0.3) is 0 Å². The molecule has 88 valence electrons. The summed E-state index contributed by atoms with van der Waals surface area (Å²) in [6, 6.07) is 5.88. The van der Waals surface area contributed by atoms with Gasteiger partial charge in [-0.3, -0.25) is 11.3 Å². The van der Waals surface area contributed by atoms with Gasteiger partial charge < -0.3 is 0 Å². The Morgan fingerprint density at radius 2 is 2.19 bits per heavy atom. The number of hydrazine groups is 1. The van der Waals surface area contributed by atoms with Crippen LogP contribution < -0.4 is 11.3 Å². The van der Waals surface area contributed by atoms with Crippen molar-refractivity contribution < 1.29 is 0 Å². The van der Waals surface area contributed by atoms with E-state index in [4.69, 9.17) is 29.0 Å². The lowest BCUT2D eigenvalue weighted by molar-refractivity contribution is 0.400. The average molecular weight is 277 g/mol. The van der Waals surface area contributed by atoms with E-state index in [1.165, 1.54) is 12.2 Å². The zero-order valence-electron chi connectivity index (χ0n) is 8.75. The van der Waals surface area contributed by atoms with Crippen LogP contribution in [0.1, 0.15) is 18.0 Å². The zero-order valence-corrected chi connectivity index (χ0v) is 11.1. The van der Waals surface area contributed by atoms with E-state index in [1.807, 2.05) is 30.0 Å². The molecule has 1 aliphatic heterocycles. The highest BCUT2D eigenvalue weighted by atomic mass is 35.5. The van der Waals surface area contributed by atoms with E-state index in [9.17, 15) is 0 Å². The van der Waals surface area contributed by atoms with Crippen molar-refractivity contribution in [2.24, 2.45) is 11.8 Å². The maximum atomic E-state index is 6.02. The molecule has 2 rings (SSSR count). The Kier molecular flexibility index (Phi) is 4.39. The van der Waals surface area contributed by atoms with Crippen LogP contribution in [0, 0.1) is 5.92 Å². The van der Waals surface area contributed by atoms with Crippen molar-refractivity contribution in [3.63, 3.8) is 0 Å². The van der Waals surface area contributed by atoms with Crippen LogP contribution in [0.5, 0.6) is 0 Å². The molecule has 3 N–H and O–H groups in total. The summed E-state index contributed by atoms with van der Waals surface area (Å²) >= 11 is 13.9. The van der Waals surface area contributed by atoms with E-state index in [0.717, 1.165) is 11.3 Å². The van der Waals surface area contributed by atoms with E-state index >= 15 is 0 Å². The van der Waals surface area contributed by atoms with Gasteiger partial charge in [-0.1, -0.05) is 29.3 Å². The molecule has 0 radical (unpaired) electrons. The van der Waals surface area contributed by atoms with Gasteiger partial charge in [-0.25, -0.2) is 0 Å². The lowest BCUT2D eigenvalue weighted by Crippen LogP contribution is -2.33. The molecule has 1 aromatic rings. The molecule has 2 atom stereocenters. The minimum Gasteiger partial charge on any atom is -0.271 e. The topological polar surface area (TPSA) is 38.0 Å². The lowest BCUT2D eigenvalue weighted by atomic mass is 9.93. The summed E-state index contributed by atoms with van der Waals surface area (Å²) < 4.78 is 0. The molecule has 1 saturated heterocycles. The van der Waals surface area contributed by atoms with Gasteiger partial charge in [0.15, 0.2) is 0 Å². The van der Waals surface area contributed by atoms with Gasteiger partial charge in [0.05, 0.1) is 10.0 Å². The third-order valence-electron chi connectivity index (χ3n) is 2.92. The largest absolute Gasteiger partial charge is 0.271 e. The first-order valence-corrected chi connectivity index (χ1v) is 7.12. The molecule has 2 unspecified atom stereocenters. The minimum absolute atomic E-state index is 0.171. The fourth-order valence-corrected chi connectivity index (χ4v) is 3.63. The number of hydrogen-bond donors (Lipinski definition) is 2. The first kappa shape index (κ1) is 12.5. The quantitative estimate of drug-likeness (QED) is 0.658. The summed E-state index contributed by atoms with van der Waals surface area (Å²) in [5.41, 5.74) is 4.01. The van der Waals surface area contributed by atoms with Crippen LogP contribution in [0.15, 0.2) is 18.2 Å². The Bertz CT molecular complexity index is 367. The number of nitrogens with one attached hydrogen (secondary N) is 1. The lowest BCUT2D eigenvalue weighted by Gasteiger charge is -2.22. The molecule has 0 spiro atoms. The van der Waals surface area contributed by atoms with E-state index < -0.39 is 0 Å². The van der Waals surface area contributed by atoms with Crippen molar-refractivity contribution in [3.8, 4) is 0 Å². The number of halogens is 2. The molecule has 0 amide bonds. The van der Waals surface area contributed by atoms with E-state index in [-0.39, 0.29) is 6.04 Å². The van der Waals surface area contributed by atoms with Gasteiger partial charge in [-0.2, -0.15) is 11.8 Å². The predicted molar refractivity (Wildman–Crippen MR) is 72.0 cm³/mol. The molecular formula is C11H14Cl2N2S. The minimum atomic E-state index is 0.171. The first-order valence-electron chi connectivity index (χ1n) is 5.21. The molecule has 1 aliphatic rings. The Morgan fingerprint density at radius 1 is 1.38 bits per heavy atom. The Balaban J connectivity index is 2.22. The van der Waals surface area contributed by atoms with Gasteiger partial charge in [0.1, 0.15) is 0 Å². The van der Waals surface area contributed by atoms with Crippen molar-refractivity contribution in [1.82, 2.24) is 5.43 Å². The molecule has 0 bridgehead atoms. The fourth-order valence-electron chi connectivity index (χ4n) is 2.03. The number of thioether (sulfide) groups is 1. The molecule has 16 heavy (non-hydrogen) atoms. The second kappa shape index (κ2) is 5.61.